The zero-order valence-electron chi connectivity index (χ0n) is 15.6. The van der Waals surface area contributed by atoms with Crippen LogP contribution in [0.25, 0.3) is 0 Å². The number of benzene rings is 1. The SMILES string of the molecule is Cc1ccc(C(C)NC(=O)CN2CCC(N)C(C)(C)C2)cc1C.Cl. The van der Waals surface area contributed by atoms with Crippen molar-refractivity contribution < 1.29 is 4.79 Å². The van der Waals surface area contributed by atoms with E-state index in [1.54, 1.807) is 0 Å². The lowest BCUT2D eigenvalue weighted by molar-refractivity contribution is -0.123. The maximum absolute atomic E-state index is 12.4. The van der Waals surface area contributed by atoms with Crippen LogP contribution in [0.4, 0.5) is 0 Å². The molecule has 1 aliphatic rings. The van der Waals surface area contributed by atoms with E-state index in [0.717, 1.165) is 25.1 Å². The highest BCUT2D eigenvalue weighted by atomic mass is 35.5. The summed E-state index contributed by atoms with van der Waals surface area (Å²) < 4.78 is 0. The third kappa shape index (κ3) is 5.20. The van der Waals surface area contributed by atoms with Gasteiger partial charge in [0.2, 0.25) is 5.91 Å². The molecule has 1 saturated heterocycles. The molecule has 2 unspecified atom stereocenters. The molecule has 0 saturated carbocycles. The number of aryl methyl sites for hydroxylation is 2. The Kier molecular flexibility index (Phi) is 7.26. The predicted molar refractivity (Wildman–Crippen MR) is 103 cm³/mol. The van der Waals surface area contributed by atoms with Crippen LogP contribution in [0.5, 0.6) is 0 Å². The number of hydrogen-bond acceptors (Lipinski definition) is 3. The fraction of sp³-hybridized carbons (Fsp3) is 0.632. The average Bonchev–Trinajstić information content (AvgIpc) is 2.45. The van der Waals surface area contributed by atoms with Gasteiger partial charge in [0.05, 0.1) is 12.6 Å². The number of halogens is 1. The molecule has 5 heteroatoms. The highest BCUT2D eigenvalue weighted by Gasteiger charge is 2.33. The lowest BCUT2D eigenvalue weighted by Gasteiger charge is -2.42. The van der Waals surface area contributed by atoms with E-state index in [4.69, 9.17) is 5.73 Å². The topological polar surface area (TPSA) is 58.4 Å². The lowest BCUT2D eigenvalue weighted by atomic mass is 9.80. The Morgan fingerprint density at radius 3 is 2.62 bits per heavy atom. The number of rotatable bonds is 4. The van der Waals surface area contributed by atoms with Crippen LogP contribution >= 0.6 is 12.4 Å². The molecular weight excluding hydrogens is 322 g/mol. The maximum Gasteiger partial charge on any atom is 0.234 e. The van der Waals surface area contributed by atoms with Gasteiger partial charge in [0.25, 0.3) is 0 Å². The van der Waals surface area contributed by atoms with E-state index in [1.807, 2.05) is 6.92 Å². The van der Waals surface area contributed by atoms with E-state index in [1.165, 1.54) is 11.1 Å². The molecule has 24 heavy (non-hydrogen) atoms. The van der Waals surface area contributed by atoms with Crippen LogP contribution in [0, 0.1) is 19.3 Å². The van der Waals surface area contributed by atoms with Gasteiger partial charge < -0.3 is 11.1 Å². The molecule has 1 aromatic carbocycles. The Bertz CT molecular complexity index is 574. The molecule has 136 valence electrons. The number of amides is 1. The molecule has 0 bridgehead atoms. The molecule has 0 aromatic heterocycles. The molecule has 0 aliphatic carbocycles. The number of carbonyl (C=O) groups is 1. The fourth-order valence-electron chi connectivity index (χ4n) is 3.23. The Balaban J connectivity index is 0.00000288. The normalized spacial score (nSPS) is 21.7. The Hall–Kier alpha value is -1.10. The van der Waals surface area contributed by atoms with Crippen molar-refractivity contribution in [2.45, 2.75) is 53.1 Å². The molecule has 1 aliphatic heterocycles. The van der Waals surface area contributed by atoms with Crippen molar-refractivity contribution in [2.75, 3.05) is 19.6 Å². The number of likely N-dealkylation sites (tertiary alicyclic amines) is 1. The molecule has 2 atom stereocenters. The predicted octanol–water partition coefficient (Wildman–Crippen LogP) is 2.96. The fourth-order valence-corrected chi connectivity index (χ4v) is 3.23. The second-order valence-electron chi connectivity index (χ2n) is 7.73. The average molecular weight is 354 g/mol. The first-order valence-corrected chi connectivity index (χ1v) is 8.53. The summed E-state index contributed by atoms with van der Waals surface area (Å²) in [5.74, 6) is 0.0852. The molecular formula is C19H32ClN3O. The summed E-state index contributed by atoms with van der Waals surface area (Å²) in [5.41, 5.74) is 9.92. The number of hydrogen-bond donors (Lipinski definition) is 2. The Labute approximate surface area is 152 Å². The van der Waals surface area contributed by atoms with Crippen molar-refractivity contribution in [2.24, 2.45) is 11.1 Å². The summed E-state index contributed by atoms with van der Waals surface area (Å²) >= 11 is 0. The van der Waals surface area contributed by atoms with Gasteiger partial charge in [0.15, 0.2) is 0 Å². The minimum Gasteiger partial charge on any atom is -0.348 e. The molecule has 3 N–H and O–H groups in total. The van der Waals surface area contributed by atoms with Crippen molar-refractivity contribution in [1.29, 1.82) is 0 Å². The standard InChI is InChI=1S/C19H31N3O.ClH/c1-13-6-7-16(10-14(13)2)15(3)21-18(23)11-22-9-8-17(20)19(4,5)12-22;/h6-7,10,15,17H,8-9,11-12,20H2,1-5H3,(H,21,23);1H. The molecule has 0 spiro atoms. The third-order valence-corrected chi connectivity index (χ3v) is 5.17. The van der Waals surface area contributed by atoms with Crippen LogP contribution in [-0.4, -0.2) is 36.5 Å². The van der Waals surface area contributed by atoms with E-state index >= 15 is 0 Å². The van der Waals surface area contributed by atoms with E-state index in [-0.39, 0.29) is 35.8 Å². The second kappa shape index (κ2) is 8.32. The molecule has 1 amide bonds. The quantitative estimate of drug-likeness (QED) is 0.874. The first kappa shape index (κ1) is 20.9. The zero-order chi connectivity index (χ0) is 17.2. The van der Waals surface area contributed by atoms with Crippen molar-refractivity contribution in [3.63, 3.8) is 0 Å². The van der Waals surface area contributed by atoms with E-state index in [0.29, 0.717) is 6.54 Å². The Morgan fingerprint density at radius 2 is 2.04 bits per heavy atom. The van der Waals surface area contributed by atoms with Crippen LogP contribution in [0.1, 0.15) is 49.9 Å². The molecule has 0 radical (unpaired) electrons. The number of piperidine rings is 1. The summed E-state index contributed by atoms with van der Waals surface area (Å²) in [6, 6.07) is 6.61. The first-order valence-electron chi connectivity index (χ1n) is 8.53. The van der Waals surface area contributed by atoms with Gasteiger partial charge in [-0.15, -0.1) is 12.4 Å². The molecule has 4 nitrogen and oxygen atoms in total. The number of carbonyl (C=O) groups excluding carboxylic acids is 1. The van der Waals surface area contributed by atoms with Gasteiger partial charge in [0.1, 0.15) is 0 Å². The number of nitrogens with two attached hydrogens (primary N) is 1. The van der Waals surface area contributed by atoms with Gasteiger partial charge in [0, 0.05) is 19.1 Å². The minimum absolute atomic E-state index is 0. The van der Waals surface area contributed by atoms with Gasteiger partial charge in [-0.1, -0.05) is 32.0 Å². The monoisotopic (exact) mass is 353 g/mol. The highest BCUT2D eigenvalue weighted by Crippen LogP contribution is 2.27. The van der Waals surface area contributed by atoms with Gasteiger partial charge in [-0.3, -0.25) is 9.69 Å². The van der Waals surface area contributed by atoms with Crippen molar-refractivity contribution in [3.8, 4) is 0 Å². The summed E-state index contributed by atoms with van der Waals surface area (Å²) in [6.07, 6.45) is 0.951. The Morgan fingerprint density at radius 1 is 1.38 bits per heavy atom. The maximum atomic E-state index is 12.4. The number of nitrogens with zero attached hydrogens (tertiary/aromatic N) is 1. The van der Waals surface area contributed by atoms with Crippen LogP contribution in [0.3, 0.4) is 0 Å². The van der Waals surface area contributed by atoms with Crippen LogP contribution < -0.4 is 11.1 Å². The molecule has 1 heterocycles. The smallest absolute Gasteiger partial charge is 0.234 e. The second-order valence-corrected chi connectivity index (χ2v) is 7.73. The summed E-state index contributed by atoms with van der Waals surface area (Å²) in [7, 11) is 0. The highest BCUT2D eigenvalue weighted by molar-refractivity contribution is 5.85. The van der Waals surface area contributed by atoms with E-state index < -0.39 is 0 Å². The van der Waals surface area contributed by atoms with Gasteiger partial charge in [-0.25, -0.2) is 0 Å². The van der Waals surface area contributed by atoms with E-state index in [2.05, 4.69) is 56.1 Å². The molecule has 1 aromatic rings. The van der Waals surface area contributed by atoms with Crippen LogP contribution in [-0.2, 0) is 4.79 Å². The largest absolute Gasteiger partial charge is 0.348 e. The van der Waals surface area contributed by atoms with Gasteiger partial charge in [-0.2, -0.15) is 0 Å². The van der Waals surface area contributed by atoms with Gasteiger partial charge in [-0.05, 0) is 49.3 Å². The third-order valence-electron chi connectivity index (χ3n) is 5.17. The zero-order valence-corrected chi connectivity index (χ0v) is 16.4. The van der Waals surface area contributed by atoms with Crippen LogP contribution in [0.15, 0.2) is 18.2 Å². The van der Waals surface area contributed by atoms with Crippen molar-refractivity contribution in [1.82, 2.24) is 10.2 Å². The van der Waals surface area contributed by atoms with Crippen molar-refractivity contribution in [3.05, 3.63) is 34.9 Å². The summed E-state index contributed by atoms with van der Waals surface area (Å²) in [4.78, 5) is 14.6. The van der Waals surface area contributed by atoms with Crippen molar-refractivity contribution >= 4 is 18.3 Å². The van der Waals surface area contributed by atoms with E-state index in [9.17, 15) is 4.79 Å². The van der Waals surface area contributed by atoms with Gasteiger partial charge >= 0.3 is 0 Å². The minimum atomic E-state index is 0. The number of nitrogens with one attached hydrogen (secondary N) is 1. The lowest BCUT2D eigenvalue weighted by Crippen LogP contribution is -2.54. The summed E-state index contributed by atoms with van der Waals surface area (Å²) in [6.45, 7) is 12.8. The first-order chi connectivity index (χ1) is 10.7. The molecule has 2 rings (SSSR count). The summed E-state index contributed by atoms with van der Waals surface area (Å²) in [5, 5.41) is 3.12. The molecule has 1 fully saturated rings. The van der Waals surface area contributed by atoms with Crippen LogP contribution in [0.2, 0.25) is 0 Å².